The van der Waals surface area contributed by atoms with Crippen LogP contribution in [0.1, 0.15) is 23.1 Å². The first kappa shape index (κ1) is 17.2. The Bertz CT molecular complexity index is 1160. The highest BCUT2D eigenvalue weighted by Crippen LogP contribution is 2.24. The molecule has 0 aliphatic carbocycles. The molecule has 0 N–H and O–H groups in total. The van der Waals surface area contributed by atoms with Gasteiger partial charge in [-0.3, -0.25) is 4.79 Å². The number of carbonyl (C=O) groups is 1. The molecule has 0 fully saturated rings. The molecule has 0 spiro atoms. The lowest BCUT2D eigenvalue weighted by atomic mass is 10.1. The monoisotopic (exact) mass is 381 g/mol. The number of carbonyl (C=O) groups excluding carboxylic acids is 1. The van der Waals surface area contributed by atoms with Crippen LogP contribution in [0.25, 0.3) is 21.5 Å². The summed E-state index contributed by atoms with van der Waals surface area (Å²) in [5.74, 6) is -0.131. The van der Waals surface area contributed by atoms with Gasteiger partial charge in [-0.25, -0.2) is 14.5 Å². The number of aromatic nitrogens is 3. The van der Waals surface area contributed by atoms with Gasteiger partial charge in [-0.2, -0.15) is 5.10 Å². The summed E-state index contributed by atoms with van der Waals surface area (Å²) >= 11 is 1.51. The van der Waals surface area contributed by atoms with Crippen LogP contribution in [-0.2, 0) is 17.9 Å². The third kappa shape index (κ3) is 3.26. The lowest BCUT2D eigenvalue weighted by Crippen LogP contribution is -2.25. The zero-order valence-corrected chi connectivity index (χ0v) is 15.2. The highest BCUT2D eigenvalue weighted by molar-refractivity contribution is 7.13. The number of aryl methyl sites for hydroxylation is 1. The smallest absolute Gasteiger partial charge is 0.359 e. The molecule has 4 aromatic rings. The van der Waals surface area contributed by atoms with Crippen molar-refractivity contribution in [3.63, 3.8) is 0 Å². The van der Waals surface area contributed by atoms with Gasteiger partial charge in [-0.05, 0) is 24.4 Å². The second-order valence-corrected chi connectivity index (χ2v) is 6.66. The maximum Gasteiger partial charge on any atom is 0.359 e. The van der Waals surface area contributed by atoms with E-state index in [9.17, 15) is 9.59 Å². The maximum absolute atomic E-state index is 12.6. The molecule has 27 heavy (non-hydrogen) atoms. The van der Waals surface area contributed by atoms with Crippen molar-refractivity contribution in [1.29, 1.82) is 0 Å². The summed E-state index contributed by atoms with van der Waals surface area (Å²) < 4.78 is 12.0. The van der Waals surface area contributed by atoms with Crippen LogP contribution in [0.5, 0.6) is 0 Å². The molecule has 8 heteroatoms. The van der Waals surface area contributed by atoms with E-state index in [2.05, 4.69) is 10.1 Å². The van der Waals surface area contributed by atoms with Gasteiger partial charge < -0.3 is 9.15 Å². The minimum absolute atomic E-state index is 0.0467. The fourth-order valence-corrected chi connectivity index (χ4v) is 3.35. The molecule has 1 aromatic carbocycles. The predicted molar refractivity (Wildman–Crippen MR) is 101 cm³/mol. The summed E-state index contributed by atoms with van der Waals surface area (Å²) in [6.45, 7) is 2.10. The molecular formula is C19H15N3O4S. The number of nitrogens with zero attached hydrogens (tertiary/aromatic N) is 3. The normalized spacial score (nSPS) is 11.0. The second kappa shape index (κ2) is 7.16. The van der Waals surface area contributed by atoms with Crippen molar-refractivity contribution < 1.29 is 13.9 Å². The van der Waals surface area contributed by atoms with E-state index in [1.807, 2.05) is 17.5 Å². The third-order valence-corrected chi connectivity index (χ3v) is 4.85. The maximum atomic E-state index is 12.6. The summed E-state index contributed by atoms with van der Waals surface area (Å²) in [6.07, 6.45) is 1.46. The van der Waals surface area contributed by atoms with Crippen molar-refractivity contribution in [3.8, 4) is 10.8 Å². The Morgan fingerprint density at radius 2 is 2.04 bits per heavy atom. The van der Waals surface area contributed by atoms with Crippen LogP contribution < -0.4 is 5.56 Å². The van der Waals surface area contributed by atoms with Crippen LogP contribution in [0.4, 0.5) is 0 Å². The van der Waals surface area contributed by atoms with Gasteiger partial charge in [0.25, 0.3) is 5.56 Å². The first-order chi connectivity index (χ1) is 13.2. The third-order valence-electron chi connectivity index (χ3n) is 4.00. The van der Waals surface area contributed by atoms with Gasteiger partial charge in [0.1, 0.15) is 18.6 Å². The average molecular weight is 381 g/mol. The Kier molecular flexibility index (Phi) is 4.55. The van der Waals surface area contributed by atoms with E-state index in [1.165, 1.54) is 22.3 Å². The summed E-state index contributed by atoms with van der Waals surface area (Å²) in [7, 11) is 0. The molecule has 0 atom stereocenters. The van der Waals surface area contributed by atoms with E-state index in [4.69, 9.17) is 9.15 Å². The minimum atomic E-state index is -0.617. The highest BCUT2D eigenvalue weighted by Gasteiger charge is 2.18. The van der Waals surface area contributed by atoms with Crippen LogP contribution in [0.3, 0.4) is 0 Å². The zero-order chi connectivity index (χ0) is 18.8. The van der Waals surface area contributed by atoms with Gasteiger partial charge in [0.15, 0.2) is 5.69 Å². The van der Waals surface area contributed by atoms with E-state index >= 15 is 0 Å². The quantitative estimate of drug-likeness (QED) is 0.492. The summed E-state index contributed by atoms with van der Waals surface area (Å²) in [5.41, 5.74) is 0.371. The van der Waals surface area contributed by atoms with Gasteiger partial charge in [-0.1, -0.05) is 24.3 Å². The summed E-state index contributed by atoms with van der Waals surface area (Å²) in [4.78, 5) is 30.2. The number of esters is 1. The van der Waals surface area contributed by atoms with Gasteiger partial charge >= 0.3 is 5.97 Å². The number of ether oxygens (including phenoxy) is 1. The number of hydrogen-bond acceptors (Lipinski definition) is 7. The number of fused-ring (bicyclic) bond motifs is 1. The molecule has 4 rings (SSSR count). The average Bonchev–Trinajstić information content (AvgIpc) is 3.38. The van der Waals surface area contributed by atoms with E-state index in [0.29, 0.717) is 28.9 Å². The minimum Gasteiger partial charge on any atom is -0.454 e. The molecule has 0 aliphatic heterocycles. The largest absolute Gasteiger partial charge is 0.454 e. The molecule has 0 saturated carbocycles. The van der Waals surface area contributed by atoms with E-state index in [1.54, 1.807) is 31.2 Å². The first-order valence-electron chi connectivity index (χ1n) is 8.32. The van der Waals surface area contributed by atoms with E-state index < -0.39 is 5.97 Å². The van der Waals surface area contributed by atoms with Gasteiger partial charge in [0.05, 0.1) is 10.3 Å². The van der Waals surface area contributed by atoms with Crippen molar-refractivity contribution in [1.82, 2.24) is 14.8 Å². The predicted octanol–water partition coefficient (Wildman–Crippen LogP) is 3.49. The molecule has 3 heterocycles. The fraction of sp³-hybridized carbons (Fsp3) is 0.158. The fourth-order valence-electron chi connectivity index (χ4n) is 2.69. The first-order valence-corrected chi connectivity index (χ1v) is 9.20. The molecule has 0 amide bonds. The van der Waals surface area contributed by atoms with Crippen LogP contribution in [-0.4, -0.2) is 20.7 Å². The van der Waals surface area contributed by atoms with Crippen molar-refractivity contribution >= 4 is 28.1 Å². The zero-order valence-electron chi connectivity index (χ0n) is 14.4. The highest BCUT2D eigenvalue weighted by atomic mass is 32.1. The molecule has 0 aliphatic rings. The standard InChI is InChI=1S/C19H15N3O4S/c1-2-22-18(23)14-7-4-3-6-13(14)16(21-22)19(24)26-11-12-10-25-17(20-12)15-8-5-9-27-15/h3-10H,2,11H2,1H3. The Hall–Kier alpha value is -3.26. The molecule has 0 saturated heterocycles. The van der Waals surface area contributed by atoms with Gasteiger partial charge in [-0.15, -0.1) is 11.3 Å². The Morgan fingerprint density at radius 3 is 2.78 bits per heavy atom. The Morgan fingerprint density at radius 1 is 1.22 bits per heavy atom. The molecule has 3 aromatic heterocycles. The molecule has 0 unspecified atom stereocenters. The molecule has 0 bridgehead atoms. The Labute approximate surface area is 157 Å². The molecular weight excluding hydrogens is 366 g/mol. The molecule has 0 radical (unpaired) electrons. The number of oxazole rings is 1. The number of thiophene rings is 1. The van der Waals surface area contributed by atoms with Crippen LogP contribution >= 0.6 is 11.3 Å². The number of benzene rings is 1. The van der Waals surface area contributed by atoms with E-state index in [0.717, 1.165) is 4.88 Å². The second-order valence-electron chi connectivity index (χ2n) is 5.71. The molecule has 136 valence electrons. The lowest BCUT2D eigenvalue weighted by Gasteiger charge is -2.09. The number of hydrogen-bond donors (Lipinski definition) is 0. The Balaban J connectivity index is 1.59. The topological polar surface area (TPSA) is 87.2 Å². The van der Waals surface area contributed by atoms with Crippen LogP contribution in [0, 0.1) is 0 Å². The molecule has 7 nitrogen and oxygen atoms in total. The van der Waals surface area contributed by atoms with Crippen LogP contribution in [0.15, 0.2) is 57.3 Å². The van der Waals surface area contributed by atoms with Crippen molar-refractivity contribution in [2.45, 2.75) is 20.1 Å². The van der Waals surface area contributed by atoms with Crippen molar-refractivity contribution in [3.05, 3.63) is 69.8 Å². The summed E-state index contributed by atoms with van der Waals surface area (Å²) in [5, 5.41) is 7.00. The SMILES string of the molecule is CCn1nc(C(=O)OCc2coc(-c3cccs3)n2)c2ccccc2c1=O. The van der Waals surface area contributed by atoms with Gasteiger partial charge in [0, 0.05) is 11.9 Å². The van der Waals surface area contributed by atoms with E-state index in [-0.39, 0.29) is 17.9 Å². The number of rotatable bonds is 5. The van der Waals surface area contributed by atoms with Crippen LogP contribution in [0.2, 0.25) is 0 Å². The van der Waals surface area contributed by atoms with Crippen molar-refractivity contribution in [2.75, 3.05) is 0 Å². The van der Waals surface area contributed by atoms with Gasteiger partial charge in [0.2, 0.25) is 5.89 Å². The lowest BCUT2D eigenvalue weighted by molar-refractivity contribution is 0.0460. The van der Waals surface area contributed by atoms with Crippen molar-refractivity contribution in [2.24, 2.45) is 0 Å². The summed E-state index contributed by atoms with van der Waals surface area (Å²) in [6, 6.07) is 10.7.